The summed E-state index contributed by atoms with van der Waals surface area (Å²) in [6, 6.07) is 5.46. The van der Waals surface area contributed by atoms with Crippen LogP contribution in [0.5, 0.6) is 0 Å². The maximum Gasteiger partial charge on any atom is 0.258 e. The van der Waals surface area contributed by atoms with E-state index in [4.69, 9.17) is 4.98 Å². The van der Waals surface area contributed by atoms with Gasteiger partial charge in [-0.3, -0.25) is 9.20 Å². The fourth-order valence-corrected chi connectivity index (χ4v) is 5.75. The van der Waals surface area contributed by atoms with Crippen molar-refractivity contribution in [2.45, 2.75) is 37.0 Å². The lowest BCUT2D eigenvalue weighted by Crippen LogP contribution is -2.15. The molecule has 5 rings (SSSR count). The molecule has 0 aromatic carbocycles. The second-order valence-corrected chi connectivity index (χ2v) is 8.52. The zero-order valence-electron chi connectivity index (χ0n) is 14.2. The first-order valence-electron chi connectivity index (χ1n) is 8.56. The average Bonchev–Trinajstić information content (AvgIpc) is 3.22. The number of thiophene rings is 1. The third-order valence-electron chi connectivity index (χ3n) is 4.76. The van der Waals surface area contributed by atoms with E-state index in [9.17, 15) is 4.79 Å². The molecule has 0 amide bonds. The molecule has 1 aliphatic carbocycles. The Morgan fingerprint density at radius 2 is 2.23 bits per heavy atom. The number of hydrogen-bond acceptors (Lipinski definition) is 6. The van der Waals surface area contributed by atoms with Crippen molar-refractivity contribution in [1.82, 2.24) is 19.4 Å². The Balaban J connectivity index is 1.52. The van der Waals surface area contributed by atoms with Gasteiger partial charge in [-0.1, -0.05) is 17.8 Å². The summed E-state index contributed by atoms with van der Waals surface area (Å²) in [6.07, 6.45) is 6.90. The van der Waals surface area contributed by atoms with Crippen molar-refractivity contribution < 1.29 is 0 Å². The van der Waals surface area contributed by atoms with Crippen LogP contribution in [0.15, 0.2) is 40.5 Å². The molecule has 26 heavy (non-hydrogen) atoms. The molecule has 1 aliphatic rings. The van der Waals surface area contributed by atoms with Crippen molar-refractivity contribution >= 4 is 39.0 Å². The minimum Gasteiger partial charge on any atom is -0.269 e. The van der Waals surface area contributed by atoms with Crippen LogP contribution in [0.1, 0.15) is 28.1 Å². The molecule has 4 aromatic heterocycles. The maximum atomic E-state index is 12.4. The van der Waals surface area contributed by atoms with Gasteiger partial charge in [0.05, 0.1) is 5.69 Å². The van der Waals surface area contributed by atoms with Gasteiger partial charge in [-0.05, 0) is 43.4 Å². The van der Waals surface area contributed by atoms with E-state index in [2.05, 4.69) is 9.97 Å². The van der Waals surface area contributed by atoms with Gasteiger partial charge in [0.25, 0.3) is 5.56 Å². The van der Waals surface area contributed by atoms with Crippen LogP contribution in [-0.2, 0) is 18.6 Å². The fraction of sp³-hybridized carbons (Fsp3) is 0.263. The van der Waals surface area contributed by atoms with Crippen molar-refractivity contribution in [2.75, 3.05) is 0 Å². The Morgan fingerprint density at radius 3 is 3.15 bits per heavy atom. The summed E-state index contributed by atoms with van der Waals surface area (Å²) in [4.78, 5) is 28.6. The van der Waals surface area contributed by atoms with Crippen molar-refractivity contribution in [3.05, 3.63) is 62.8 Å². The first-order chi connectivity index (χ1) is 12.7. The summed E-state index contributed by atoms with van der Waals surface area (Å²) < 4.78 is 1.60. The van der Waals surface area contributed by atoms with Gasteiger partial charge in [-0.15, -0.1) is 11.3 Å². The smallest absolute Gasteiger partial charge is 0.258 e. The van der Waals surface area contributed by atoms with Crippen LogP contribution in [0.2, 0.25) is 0 Å². The second-order valence-electron chi connectivity index (χ2n) is 6.48. The Bertz CT molecular complexity index is 1210. The van der Waals surface area contributed by atoms with E-state index in [1.807, 2.05) is 19.1 Å². The predicted octanol–water partition coefficient (Wildman–Crippen LogP) is 3.79. The van der Waals surface area contributed by atoms with Gasteiger partial charge >= 0.3 is 0 Å². The minimum absolute atomic E-state index is 0.0430. The summed E-state index contributed by atoms with van der Waals surface area (Å²) >= 11 is 3.44. The highest BCUT2D eigenvalue weighted by Crippen LogP contribution is 2.40. The molecule has 0 saturated carbocycles. The van der Waals surface area contributed by atoms with Gasteiger partial charge < -0.3 is 0 Å². The number of thioether (sulfide) groups is 1. The van der Waals surface area contributed by atoms with E-state index in [0.29, 0.717) is 5.75 Å². The SMILES string of the molecule is Cc1cccn2c(=O)cc(CSc3ncnc4sc5c(c34)CCC5)nc12. The number of nitrogens with zero attached hydrogens (tertiary/aromatic N) is 4. The molecule has 0 fully saturated rings. The third kappa shape index (κ3) is 2.54. The highest BCUT2D eigenvalue weighted by molar-refractivity contribution is 7.98. The molecular weight excluding hydrogens is 364 g/mol. The minimum atomic E-state index is -0.0430. The van der Waals surface area contributed by atoms with Crippen LogP contribution < -0.4 is 5.56 Å². The van der Waals surface area contributed by atoms with Gasteiger partial charge in [0, 0.05) is 28.3 Å². The number of aryl methyl sites for hydroxylation is 3. The lowest BCUT2D eigenvalue weighted by Gasteiger charge is -2.07. The normalized spacial score (nSPS) is 13.6. The summed E-state index contributed by atoms with van der Waals surface area (Å²) in [6.45, 7) is 1.97. The summed E-state index contributed by atoms with van der Waals surface area (Å²) in [5, 5.41) is 2.21. The number of hydrogen-bond donors (Lipinski definition) is 0. The molecule has 0 N–H and O–H groups in total. The molecule has 7 heteroatoms. The van der Waals surface area contributed by atoms with Crippen molar-refractivity contribution in [3.8, 4) is 0 Å². The van der Waals surface area contributed by atoms with Gasteiger partial charge in [-0.25, -0.2) is 15.0 Å². The van der Waals surface area contributed by atoms with E-state index in [0.717, 1.165) is 39.6 Å². The van der Waals surface area contributed by atoms with Crippen LogP contribution >= 0.6 is 23.1 Å². The highest BCUT2D eigenvalue weighted by Gasteiger charge is 2.21. The first kappa shape index (κ1) is 16.0. The van der Waals surface area contributed by atoms with E-state index in [1.165, 1.54) is 22.2 Å². The van der Waals surface area contributed by atoms with E-state index in [-0.39, 0.29) is 5.56 Å². The predicted molar refractivity (Wildman–Crippen MR) is 105 cm³/mol. The molecule has 0 spiro atoms. The molecular formula is C19H16N4OS2. The van der Waals surface area contributed by atoms with Crippen LogP contribution in [0.25, 0.3) is 15.9 Å². The van der Waals surface area contributed by atoms with Crippen LogP contribution in [0, 0.1) is 6.92 Å². The molecule has 0 bridgehead atoms. The van der Waals surface area contributed by atoms with E-state index >= 15 is 0 Å². The maximum absolute atomic E-state index is 12.4. The van der Waals surface area contributed by atoms with Crippen molar-refractivity contribution in [3.63, 3.8) is 0 Å². The number of fused-ring (bicyclic) bond motifs is 4. The zero-order chi connectivity index (χ0) is 17.7. The topological polar surface area (TPSA) is 60.2 Å². The van der Waals surface area contributed by atoms with Crippen LogP contribution in [0.3, 0.4) is 0 Å². The van der Waals surface area contributed by atoms with Crippen LogP contribution in [-0.4, -0.2) is 19.4 Å². The molecule has 0 aliphatic heterocycles. The largest absolute Gasteiger partial charge is 0.269 e. The van der Waals surface area contributed by atoms with Gasteiger partial charge in [0.1, 0.15) is 21.8 Å². The molecule has 4 heterocycles. The lowest BCUT2D eigenvalue weighted by atomic mass is 10.2. The molecule has 5 nitrogen and oxygen atoms in total. The summed E-state index contributed by atoms with van der Waals surface area (Å²) in [5.41, 5.74) is 3.89. The third-order valence-corrected chi connectivity index (χ3v) is 6.99. The van der Waals surface area contributed by atoms with Gasteiger partial charge in [0.2, 0.25) is 0 Å². The fourth-order valence-electron chi connectivity index (χ4n) is 3.53. The summed E-state index contributed by atoms with van der Waals surface area (Å²) in [7, 11) is 0. The molecule has 0 saturated heterocycles. The molecule has 0 radical (unpaired) electrons. The number of pyridine rings is 1. The Hall–Kier alpha value is -2.25. The van der Waals surface area contributed by atoms with E-state index < -0.39 is 0 Å². The summed E-state index contributed by atoms with van der Waals surface area (Å²) in [5.74, 6) is 0.622. The standard InChI is InChI=1S/C19H16N4OS2/c1-11-4-3-7-23-15(24)8-12(22-17(11)23)9-25-18-16-13-5-2-6-14(13)26-19(16)21-10-20-18/h3-4,7-8,10H,2,5-6,9H2,1H3. The quantitative estimate of drug-likeness (QED) is 0.400. The average molecular weight is 380 g/mol. The van der Waals surface area contributed by atoms with Crippen LogP contribution in [0.4, 0.5) is 0 Å². The van der Waals surface area contributed by atoms with Crippen molar-refractivity contribution in [2.24, 2.45) is 0 Å². The van der Waals surface area contributed by atoms with Crippen molar-refractivity contribution in [1.29, 1.82) is 0 Å². The van der Waals surface area contributed by atoms with Gasteiger partial charge in [0.15, 0.2) is 0 Å². The second kappa shape index (κ2) is 6.17. The zero-order valence-corrected chi connectivity index (χ0v) is 15.9. The van der Waals surface area contributed by atoms with Gasteiger partial charge in [-0.2, -0.15) is 0 Å². The molecule has 0 unspecified atom stereocenters. The Kier molecular flexibility index (Phi) is 3.79. The number of aromatic nitrogens is 4. The van der Waals surface area contributed by atoms with E-state index in [1.54, 1.807) is 46.1 Å². The molecule has 4 aromatic rings. The Labute approximate surface area is 158 Å². The monoisotopic (exact) mass is 380 g/mol. The molecule has 0 atom stereocenters. The first-order valence-corrected chi connectivity index (χ1v) is 10.4. The Morgan fingerprint density at radius 1 is 1.31 bits per heavy atom. The number of rotatable bonds is 3. The lowest BCUT2D eigenvalue weighted by molar-refractivity contribution is 0.915. The molecule has 130 valence electrons. The highest BCUT2D eigenvalue weighted by atomic mass is 32.2.